The molecule has 7 heteroatoms. The van der Waals surface area contributed by atoms with Crippen molar-refractivity contribution in [2.24, 2.45) is 16.3 Å². The van der Waals surface area contributed by atoms with Gasteiger partial charge < -0.3 is 5.32 Å². The molecule has 1 unspecified atom stereocenters. The number of nitro benzene ring substituents is 1. The first kappa shape index (κ1) is 19.4. The topological polar surface area (TPSA) is 102 Å². The van der Waals surface area contributed by atoms with Crippen LogP contribution in [0, 0.1) is 28.4 Å². The van der Waals surface area contributed by atoms with Gasteiger partial charge in [0.05, 0.1) is 16.2 Å². The number of hydrogen-bond acceptors (Lipinski definition) is 4. The fourth-order valence-electron chi connectivity index (χ4n) is 3.37. The molecule has 0 saturated heterocycles. The third-order valence-corrected chi connectivity index (χ3v) is 4.82. The summed E-state index contributed by atoms with van der Waals surface area (Å²) < 4.78 is 0. The molecule has 1 atom stereocenters. The first-order valence-corrected chi connectivity index (χ1v) is 8.88. The Bertz CT molecular complexity index is 1010. The molecule has 0 radical (unpaired) electrons. The second kappa shape index (κ2) is 6.99. The van der Waals surface area contributed by atoms with E-state index in [0.29, 0.717) is 11.4 Å². The third-order valence-electron chi connectivity index (χ3n) is 4.82. The maximum atomic E-state index is 12.6. The molecule has 144 valence electrons. The van der Waals surface area contributed by atoms with Crippen molar-refractivity contribution < 1.29 is 14.5 Å². The highest BCUT2D eigenvalue weighted by Gasteiger charge is 2.32. The van der Waals surface area contributed by atoms with E-state index in [-0.39, 0.29) is 34.1 Å². The van der Waals surface area contributed by atoms with Crippen LogP contribution in [0.2, 0.25) is 0 Å². The first-order chi connectivity index (χ1) is 13.1. The summed E-state index contributed by atoms with van der Waals surface area (Å²) in [4.78, 5) is 39.3. The number of allylic oxidation sites excluding steroid dienone is 3. The predicted octanol–water partition coefficient (Wildman–Crippen LogP) is 3.66. The predicted molar refractivity (Wildman–Crippen MR) is 106 cm³/mol. The monoisotopic (exact) mass is 379 g/mol. The number of benzene rings is 1. The maximum absolute atomic E-state index is 12.6. The SMILES string of the molecule is Cc1c(C(=O)N=C2C=CC3C(=C2)NC(=O)C=C3C(C)(C)C)cccc1[N+](=O)[O-]. The smallest absolute Gasteiger partial charge is 0.278 e. The molecule has 2 amide bonds. The molecule has 28 heavy (non-hydrogen) atoms. The summed E-state index contributed by atoms with van der Waals surface area (Å²) in [5.41, 5.74) is 2.19. The molecule has 0 saturated carbocycles. The molecule has 1 heterocycles. The van der Waals surface area contributed by atoms with Gasteiger partial charge in [-0.15, -0.1) is 0 Å². The van der Waals surface area contributed by atoms with Gasteiger partial charge in [-0.1, -0.05) is 32.9 Å². The lowest BCUT2D eigenvalue weighted by Crippen LogP contribution is -2.36. The van der Waals surface area contributed by atoms with Crippen LogP contribution in [0.4, 0.5) is 5.69 Å². The minimum Gasteiger partial charge on any atom is -0.325 e. The van der Waals surface area contributed by atoms with Crippen molar-refractivity contribution >= 4 is 23.2 Å². The Kier molecular flexibility index (Phi) is 4.85. The average molecular weight is 379 g/mol. The second-order valence-corrected chi connectivity index (χ2v) is 7.82. The Morgan fingerprint density at radius 1 is 1.25 bits per heavy atom. The zero-order valence-corrected chi connectivity index (χ0v) is 16.1. The quantitative estimate of drug-likeness (QED) is 0.626. The standard InChI is InChI=1S/C21H21N3O4/c1-12-14(6-5-7-18(12)24(27)28)20(26)22-13-8-9-15-16(21(2,3)4)11-19(25)23-17(15)10-13/h5-11,15H,1-4H3,(H,23,25). The van der Waals surface area contributed by atoms with Crippen LogP contribution < -0.4 is 5.32 Å². The molecule has 1 aliphatic heterocycles. The lowest BCUT2D eigenvalue weighted by molar-refractivity contribution is -0.385. The molecule has 1 aromatic carbocycles. The summed E-state index contributed by atoms with van der Waals surface area (Å²) >= 11 is 0. The molecule has 0 bridgehead atoms. The number of nitrogens with zero attached hydrogens (tertiary/aromatic N) is 2. The van der Waals surface area contributed by atoms with E-state index in [9.17, 15) is 19.7 Å². The summed E-state index contributed by atoms with van der Waals surface area (Å²) in [7, 11) is 0. The van der Waals surface area contributed by atoms with Crippen molar-refractivity contribution in [2.75, 3.05) is 0 Å². The van der Waals surface area contributed by atoms with E-state index in [1.807, 2.05) is 26.8 Å². The Morgan fingerprint density at radius 2 is 1.96 bits per heavy atom. The summed E-state index contributed by atoms with van der Waals surface area (Å²) in [6.45, 7) is 7.65. The van der Waals surface area contributed by atoms with Crippen molar-refractivity contribution in [1.82, 2.24) is 5.32 Å². The lowest BCUT2D eigenvalue weighted by atomic mass is 9.74. The average Bonchev–Trinajstić information content (AvgIpc) is 2.59. The van der Waals surface area contributed by atoms with Crippen molar-refractivity contribution in [1.29, 1.82) is 0 Å². The fraction of sp³-hybridized carbons (Fsp3) is 0.286. The lowest BCUT2D eigenvalue weighted by Gasteiger charge is -2.34. The Hall–Kier alpha value is -3.35. The van der Waals surface area contributed by atoms with Crippen LogP contribution >= 0.6 is 0 Å². The van der Waals surface area contributed by atoms with Crippen LogP contribution in [0.5, 0.6) is 0 Å². The normalized spacial score (nSPS) is 20.2. The molecule has 1 N–H and O–H groups in total. The van der Waals surface area contributed by atoms with Gasteiger partial charge in [0.15, 0.2) is 0 Å². The molecule has 0 fully saturated rings. The summed E-state index contributed by atoms with van der Waals surface area (Å²) in [5, 5.41) is 13.9. The number of carbonyl (C=O) groups excluding carboxylic acids is 2. The fourth-order valence-corrected chi connectivity index (χ4v) is 3.37. The van der Waals surface area contributed by atoms with Gasteiger partial charge in [-0.3, -0.25) is 19.7 Å². The van der Waals surface area contributed by atoms with Crippen molar-refractivity contribution in [2.45, 2.75) is 27.7 Å². The van der Waals surface area contributed by atoms with E-state index < -0.39 is 10.8 Å². The van der Waals surface area contributed by atoms with Gasteiger partial charge in [-0.2, -0.15) is 0 Å². The van der Waals surface area contributed by atoms with Crippen LogP contribution in [0.15, 0.2) is 58.8 Å². The minimum absolute atomic E-state index is 0.0775. The second-order valence-electron chi connectivity index (χ2n) is 7.82. The van der Waals surface area contributed by atoms with Gasteiger partial charge in [0, 0.05) is 29.3 Å². The van der Waals surface area contributed by atoms with Gasteiger partial charge in [-0.25, -0.2) is 4.99 Å². The molecule has 0 spiro atoms. The number of nitrogens with one attached hydrogen (secondary N) is 1. The molecule has 0 aromatic heterocycles. The molecular weight excluding hydrogens is 358 g/mol. The zero-order chi connectivity index (χ0) is 20.6. The van der Waals surface area contributed by atoms with E-state index in [4.69, 9.17) is 0 Å². The molecule has 3 rings (SSSR count). The molecule has 7 nitrogen and oxygen atoms in total. The van der Waals surface area contributed by atoms with Crippen LogP contribution in [-0.2, 0) is 4.79 Å². The summed E-state index contributed by atoms with van der Waals surface area (Å²) in [6, 6.07) is 4.33. The van der Waals surface area contributed by atoms with Crippen LogP contribution in [0.25, 0.3) is 0 Å². The van der Waals surface area contributed by atoms with Crippen LogP contribution in [0.1, 0.15) is 36.7 Å². The van der Waals surface area contributed by atoms with Gasteiger partial charge in [0.25, 0.3) is 11.6 Å². The molecule has 1 aromatic rings. The van der Waals surface area contributed by atoms with Crippen LogP contribution in [-0.4, -0.2) is 22.4 Å². The Labute approximate surface area is 162 Å². The van der Waals surface area contributed by atoms with E-state index in [1.54, 1.807) is 18.2 Å². The maximum Gasteiger partial charge on any atom is 0.278 e. The van der Waals surface area contributed by atoms with Gasteiger partial charge in [-0.05, 0) is 36.1 Å². The number of carbonyl (C=O) groups is 2. The van der Waals surface area contributed by atoms with Crippen molar-refractivity contribution in [3.8, 4) is 0 Å². The Morgan fingerprint density at radius 3 is 2.61 bits per heavy atom. The van der Waals surface area contributed by atoms with Gasteiger partial charge >= 0.3 is 0 Å². The highest BCUT2D eigenvalue weighted by molar-refractivity contribution is 6.14. The Balaban J connectivity index is 1.94. The van der Waals surface area contributed by atoms with Crippen molar-refractivity contribution in [3.05, 3.63) is 75.0 Å². The van der Waals surface area contributed by atoms with E-state index in [2.05, 4.69) is 10.3 Å². The highest BCUT2D eigenvalue weighted by atomic mass is 16.6. The summed E-state index contributed by atoms with van der Waals surface area (Å²) in [5.74, 6) is -0.848. The van der Waals surface area contributed by atoms with E-state index in [1.165, 1.54) is 25.1 Å². The number of nitro groups is 1. The number of hydrogen-bond donors (Lipinski definition) is 1. The zero-order valence-electron chi connectivity index (χ0n) is 16.1. The van der Waals surface area contributed by atoms with Gasteiger partial charge in [0.1, 0.15) is 0 Å². The number of aliphatic imine (C=N–C) groups is 1. The van der Waals surface area contributed by atoms with E-state index >= 15 is 0 Å². The molecule has 1 aliphatic carbocycles. The minimum atomic E-state index is -0.565. The first-order valence-electron chi connectivity index (χ1n) is 8.88. The van der Waals surface area contributed by atoms with Crippen LogP contribution in [0.3, 0.4) is 0 Å². The number of fused-ring (bicyclic) bond motifs is 1. The molecule has 2 aliphatic rings. The van der Waals surface area contributed by atoms with E-state index in [0.717, 1.165) is 5.57 Å². The largest absolute Gasteiger partial charge is 0.325 e. The summed E-state index contributed by atoms with van der Waals surface area (Å²) in [6.07, 6.45) is 6.92. The highest BCUT2D eigenvalue weighted by Crippen LogP contribution is 2.38. The number of amides is 2. The third kappa shape index (κ3) is 3.69. The van der Waals surface area contributed by atoms with Gasteiger partial charge in [0.2, 0.25) is 5.91 Å². The van der Waals surface area contributed by atoms with Crippen molar-refractivity contribution in [3.63, 3.8) is 0 Å². The molecular formula is C21H21N3O4. The number of rotatable bonds is 2.